The summed E-state index contributed by atoms with van der Waals surface area (Å²) in [6.45, 7) is 0. The molecule has 2 aromatic heterocycles. The summed E-state index contributed by atoms with van der Waals surface area (Å²) in [5.41, 5.74) is 10.6. The highest BCUT2D eigenvalue weighted by Crippen LogP contribution is 2.41. The first-order valence-electron chi connectivity index (χ1n) is 17.1. The molecule has 11 aromatic rings. The summed E-state index contributed by atoms with van der Waals surface area (Å²) in [4.78, 5) is 0. The minimum absolute atomic E-state index is 0.861. The van der Waals surface area contributed by atoms with E-state index in [1.807, 2.05) is 0 Å². The van der Waals surface area contributed by atoms with Gasteiger partial charge < -0.3 is 8.83 Å². The fourth-order valence-electron chi connectivity index (χ4n) is 7.93. The lowest BCUT2D eigenvalue weighted by molar-refractivity contribution is 0.664. The molecule has 9 aromatic carbocycles. The quantitative estimate of drug-likeness (QED) is 0.180. The van der Waals surface area contributed by atoms with E-state index < -0.39 is 0 Å². The molecule has 0 fully saturated rings. The van der Waals surface area contributed by atoms with Gasteiger partial charge in [-0.05, 0) is 120 Å². The predicted octanol–water partition coefficient (Wildman–Crippen LogP) is 13.9. The van der Waals surface area contributed by atoms with Gasteiger partial charge in [0.1, 0.15) is 22.3 Å². The van der Waals surface area contributed by atoms with Crippen LogP contribution in [0.5, 0.6) is 0 Å². The normalized spacial score (nSPS) is 12.0. The molecule has 0 N–H and O–H groups in total. The molecule has 232 valence electrons. The minimum Gasteiger partial charge on any atom is -0.456 e. The molecule has 0 bridgehead atoms. The van der Waals surface area contributed by atoms with Gasteiger partial charge in [-0.2, -0.15) is 0 Å². The molecular weight excluding hydrogens is 609 g/mol. The highest BCUT2D eigenvalue weighted by molar-refractivity contribution is 6.16. The standard InChI is InChI=1S/C48H28O2/c1-2-9-30-22-32(17-16-29(30)8-1)34-19-21-46-42(25-34)44-28-47-43(27-48(44)50-46)41-24-33(18-20-45(41)49-47)31-11-7-12-35(23-31)40-26-36-10-3-4-13-37(36)38-14-5-6-15-39(38)40/h1-28H. The van der Waals surface area contributed by atoms with Crippen LogP contribution in [0.3, 0.4) is 0 Å². The van der Waals surface area contributed by atoms with Crippen LogP contribution in [0.1, 0.15) is 0 Å². The van der Waals surface area contributed by atoms with Gasteiger partial charge in [0.05, 0.1) is 0 Å². The fourth-order valence-corrected chi connectivity index (χ4v) is 7.93. The van der Waals surface area contributed by atoms with Gasteiger partial charge in [-0.15, -0.1) is 0 Å². The first-order valence-corrected chi connectivity index (χ1v) is 17.1. The Kier molecular flexibility index (Phi) is 5.70. The Morgan fingerprint density at radius 1 is 0.240 bits per heavy atom. The first-order chi connectivity index (χ1) is 24.7. The minimum atomic E-state index is 0.861. The zero-order valence-corrected chi connectivity index (χ0v) is 27.0. The summed E-state index contributed by atoms with van der Waals surface area (Å²) >= 11 is 0. The summed E-state index contributed by atoms with van der Waals surface area (Å²) in [5, 5.41) is 11.8. The summed E-state index contributed by atoms with van der Waals surface area (Å²) < 4.78 is 12.9. The Balaban J connectivity index is 1.02. The highest BCUT2D eigenvalue weighted by Gasteiger charge is 2.16. The average molecular weight is 637 g/mol. The second-order valence-corrected chi connectivity index (χ2v) is 13.3. The summed E-state index contributed by atoms with van der Waals surface area (Å²) in [5.74, 6) is 0. The number of hydrogen-bond donors (Lipinski definition) is 0. The maximum atomic E-state index is 6.47. The topological polar surface area (TPSA) is 26.3 Å². The van der Waals surface area contributed by atoms with Crippen molar-refractivity contribution in [3.05, 3.63) is 170 Å². The lowest BCUT2D eigenvalue weighted by Crippen LogP contribution is -1.86. The van der Waals surface area contributed by atoms with E-state index in [-0.39, 0.29) is 0 Å². The van der Waals surface area contributed by atoms with Crippen LogP contribution in [0.15, 0.2) is 179 Å². The molecule has 11 rings (SSSR count). The largest absolute Gasteiger partial charge is 0.456 e. The Morgan fingerprint density at radius 2 is 0.760 bits per heavy atom. The van der Waals surface area contributed by atoms with Crippen molar-refractivity contribution in [3.63, 3.8) is 0 Å². The third-order valence-electron chi connectivity index (χ3n) is 10.4. The second kappa shape index (κ2) is 10.4. The van der Waals surface area contributed by atoms with Gasteiger partial charge in [-0.1, -0.05) is 115 Å². The molecule has 0 atom stereocenters. The third-order valence-corrected chi connectivity index (χ3v) is 10.4. The SMILES string of the molecule is c1cc(-c2ccc3oc4cc5c(cc4c3c2)oc2ccc(-c3ccc4ccccc4c3)cc25)cc(-c2cc3ccccc3c3ccccc23)c1. The van der Waals surface area contributed by atoms with Crippen molar-refractivity contribution in [1.29, 1.82) is 0 Å². The van der Waals surface area contributed by atoms with Gasteiger partial charge in [-0.3, -0.25) is 0 Å². The van der Waals surface area contributed by atoms with Crippen LogP contribution in [0.2, 0.25) is 0 Å². The zero-order valence-electron chi connectivity index (χ0n) is 27.0. The Hall–Kier alpha value is -6.64. The predicted molar refractivity (Wildman–Crippen MR) is 210 cm³/mol. The van der Waals surface area contributed by atoms with E-state index in [9.17, 15) is 0 Å². The van der Waals surface area contributed by atoms with Gasteiger partial charge in [-0.25, -0.2) is 0 Å². The van der Waals surface area contributed by atoms with Crippen molar-refractivity contribution in [2.75, 3.05) is 0 Å². The molecule has 50 heavy (non-hydrogen) atoms. The Morgan fingerprint density at radius 3 is 1.48 bits per heavy atom. The van der Waals surface area contributed by atoms with Crippen molar-refractivity contribution >= 4 is 76.2 Å². The molecule has 0 spiro atoms. The van der Waals surface area contributed by atoms with Crippen molar-refractivity contribution in [3.8, 4) is 33.4 Å². The summed E-state index contributed by atoms with van der Waals surface area (Å²) in [6, 6.07) is 61.0. The van der Waals surface area contributed by atoms with Crippen LogP contribution >= 0.6 is 0 Å². The Labute approximate surface area is 287 Å². The highest BCUT2D eigenvalue weighted by atomic mass is 16.3. The maximum absolute atomic E-state index is 6.47. The summed E-state index contributed by atoms with van der Waals surface area (Å²) in [7, 11) is 0. The molecule has 0 amide bonds. The van der Waals surface area contributed by atoms with Crippen LogP contribution in [0, 0.1) is 0 Å². The van der Waals surface area contributed by atoms with Gasteiger partial charge in [0, 0.05) is 21.5 Å². The molecule has 0 aliphatic rings. The molecule has 0 saturated carbocycles. The molecule has 2 heterocycles. The smallest absolute Gasteiger partial charge is 0.136 e. The average Bonchev–Trinajstić information content (AvgIpc) is 3.72. The van der Waals surface area contributed by atoms with E-state index in [0.717, 1.165) is 49.4 Å². The monoisotopic (exact) mass is 636 g/mol. The number of rotatable bonds is 3. The number of furan rings is 2. The number of hydrogen-bond acceptors (Lipinski definition) is 2. The molecule has 0 saturated heterocycles. The molecule has 0 radical (unpaired) electrons. The number of fused-ring (bicyclic) bond motifs is 10. The van der Waals surface area contributed by atoms with Crippen LogP contribution in [-0.4, -0.2) is 0 Å². The zero-order chi connectivity index (χ0) is 32.8. The maximum Gasteiger partial charge on any atom is 0.136 e. The van der Waals surface area contributed by atoms with Crippen LogP contribution < -0.4 is 0 Å². The van der Waals surface area contributed by atoms with Crippen molar-refractivity contribution in [2.24, 2.45) is 0 Å². The Bertz CT molecular complexity index is 3160. The fraction of sp³-hybridized carbons (Fsp3) is 0. The lowest BCUT2D eigenvalue weighted by atomic mass is 9.91. The molecule has 0 aliphatic heterocycles. The molecule has 2 heteroatoms. The van der Waals surface area contributed by atoms with Gasteiger partial charge in [0.15, 0.2) is 0 Å². The third kappa shape index (κ3) is 4.15. The van der Waals surface area contributed by atoms with Crippen LogP contribution in [0.4, 0.5) is 0 Å². The van der Waals surface area contributed by atoms with Gasteiger partial charge >= 0.3 is 0 Å². The van der Waals surface area contributed by atoms with Crippen molar-refractivity contribution < 1.29 is 8.83 Å². The van der Waals surface area contributed by atoms with E-state index in [1.165, 1.54) is 60.1 Å². The van der Waals surface area contributed by atoms with E-state index in [1.54, 1.807) is 0 Å². The van der Waals surface area contributed by atoms with E-state index >= 15 is 0 Å². The van der Waals surface area contributed by atoms with Gasteiger partial charge in [0.2, 0.25) is 0 Å². The molecular formula is C48H28O2. The molecule has 2 nitrogen and oxygen atoms in total. The summed E-state index contributed by atoms with van der Waals surface area (Å²) in [6.07, 6.45) is 0. The van der Waals surface area contributed by atoms with Gasteiger partial charge in [0.25, 0.3) is 0 Å². The van der Waals surface area contributed by atoms with Crippen molar-refractivity contribution in [1.82, 2.24) is 0 Å². The van der Waals surface area contributed by atoms with E-state index in [2.05, 4.69) is 170 Å². The molecule has 0 unspecified atom stereocenters. The van der Waals surface area contributed by atoms with E-state index in [4.69, 9.17) is 8.83 Å². The van der Waals surface area contributed by atoms with Crippen LogP contribution in [-0.2, 0) is 0 Å². The van der Waals surface area contributed by atoms with Crippen LogP contribution in [0.25, 0.3) is 110 Å². The lowest BCUT2D eigenvalue weighted by Gasteiger charge is -2.12. The van der Waals surface area contributed by atoms with Crippen molar-refractivity contribution in [2.45, 2.75) is 0 Å². The second-order valence-electron chi connectivity index (χ2n) is 13.3. The molecule has 0 aliphatic carbocycles. The number of benzene rings is 9. The first kappa shape index (κ1) is 27.3. The van der Waals surface area contributed by atoms with E-state index in [0.29, 0.717) is 0 Å².